The van der Waals surface area contributed by atoms with Crippen LogP contribution in [-0.2, 0) is 4.74 Å². The van der Waals surface area contributed by atoms with Crippen molar-refractivity contribution in [2.24, 2.45) is 0 Å². The number of rotatable bonds is 1. The van der Waals surface area contributed by atoms with Crippen LogP contribution in [0.2, 0.25) is 0 Å². The minimum Gasteiger partial charge on any atom is -0.359 e. The number of halogens is 1. The molecule has 92 valence electrons. The number of benzene rings is 1. The summed E-state index contributed by atoms with van der Waals surface area (Å²) in [6.07, 6.45) is 0. The summed E-state index contributed by atoms with van der Waals surface area (Å²) in [5.74, 6) is 0. The molecule has 1 heterocycles. The second-order valence-corrected chi connectivity index (χ2v) is 5.90. The SMILES string of the molecule is CC1(C)COCN1C(=O)Nc1ccc(I)cc1. The fourth-order valence-electron chi connectivity index (χ4n) is 1.70. The van der Waals surface area contributed by atoms with Crippen LogP contribution >= 0.6 is 22.6 Å². The van der Waals surface area contributed by atoms with Gasteiger partial charge in [0.15, 0.2) is 0 Å². The predicted molar refractivity (Wildman–Crippen MR) is 74.9 cm³/mol. The summed E-state index contributed by atoms with van der Waals surface area (Å²) in [6, 6.07) is 7.59. The number of urea groups is 1. The number of anilines is 1. The van der Waals surface area contributed by atoms with Crippen LogP contribution in [0.5, 0.6) is 0 Å². The lowest BCUT2D eigenvalue weighted by molar-refractivity contribution is 0.147. The Labute approximate surface area is 114 Å². The molecule has 1 fully saturated rings. The summed E-state index contributed by atoms with van der Waals surface area (Å²) in [7, 11) is 0. The highest BCUT2D eigenvalue weighted by atomic mass is 127. The fraction of sp³-hybridized carbons (Fsp3) is 0.417. The van der Waals surface area contributed by atoms with E-state index in [-0.39, 0.29) is 11.6 Å². The molecule has 0 radical (unpaired) electrons. The molecule has 1 aromatic rings. The Bertz CT molecular complexity index is 417. The Morgan fingerprint density at radius 3 is 2.59 bits per heavy atom. The van der Waals surface area contributed by atoms with Crippen molar-refractivity contribution in [3.63, 3.8) is 0 Å². The summed E-state index contributed by atoms with van der Waals surface area (Å²) < 4.78 is 6.46. The zero-order valence-corrected chi connectivity index (χ0v) is 12.0. The van der Waals surface area contributed by atoms with Crippen LogP contribution in [0.3, 0.4) is 0 Å². The molecule has 5 heteroatoms. The van der Waals surface area contributed by atoms with E-state index in [1.165, 1.54) is 0 Å². The molecule has 0 unspecified atom stereocenters. The standard InChI is InChI=1S/C12H15IN2O2/c1-12(2)7-17-8-15(12)11(16)14-10-5-3-9(13)4-6-10/h3-6H,7-8H2,1-2H3,(H,14,16). The minimum atomic E-state index is -0.243. The van der Waals surface area contributed by atoms with Gasteiger partial charge in [-0.2, -0.15) is 0 Å². The van der Waals surface area contributed by atoms with Gasteiger partial charge in [0.05, 0.1) is 12.1 Å². The van der Waals surface area contributed by atoms with Gasteiger partial charge in [-0.05, 0) is 60.7 Å². The van der Waals surface area contributed by atoms with E-state index >= 15 is 0 Å². The van der Waals surface area contributed by atoms with Crippen molar-refractivity contribution in [1.29, 1.82) is 0 Å². The lowest BCUT2D eigenvalue weighted by atomic mass is 10.1. The summed E-state index contributed by atoms with van der Waals surface area (Å²) in [5.41, 5.74) is 0.561. The number of hydrogen-bond acceptors (Lipinski definition) is 2. The minimum absolute atomic E-state index is 0.117. The maximum Gasteiger partial charge on any atom is 0.324 e. The van der Waals surface area contributed by atoms with E-state index in [1.807, 2.05) is 38.1 Å². The number of nitrogens with one attached hydrogen (secondary N) is 1. The monoisotopic (exact) mass is 346 g/mol. The Kier molecular flexibility index (Phi) is 3.58. The molecule has 2 rings (SSSR count). The van der Waals surface area contributed by atoms with Gasteiger partial charge in [0.2, 0.25) is 0 Å². The van der Waals surface area contributed by atoms with Crippen LogP contribution in [0, 0.1) is 3.57 Å². The van der Waals surface area contributed by atoms with Gasteiger partial charge < -0.3 is 10.1 Å². The summed E-state index contributed by atoms with van der Waals surface area (Å²) in [4.78, 5) is 13.7. The van der Waals surface area contributed by atoms with Gasteiger partial charge in [-0.15, -0.1) is 0 Å². The molecule has 0 saturated carbocycles. The normalized spacial score (nSPS) is 18.2. The van der Waals surface area contributed by atoms with Crippen molar-refractivity contribution in [3.8, 4) is 0 Å². The van der Waals surface area contributed by atoms with Crippen LogP contribution in [0.15, 0.2) is 24.3 Å². The van der Waals surface area contributed by atoms with Crippen molar-refractivity contribution in [3.05, 3.63) is 27.8 Å². The Hall–Kier alpha value is -0.820. The molecule has 1 N–H and O–H groups in total. The molecule has 0 aromatic heterocycles. The highest BCUT2D eigenvalue weighted by Crippen LogP contribution is 2.22. The van der Waals surface area contributed by atoms with Gasteiger partial charge >= 0.3 is 6.03 Å². The second-order valence-electron chi connectivity index (χ2n) is 4.66. The molecule has 2 amide bonds. The van der Waals surface area contributed by atoms with Crippen LogP contribution in [0.4, 0.5) is 10.5 Å². The predicted octanol–water partition coefficient (Wildman–Crippen LogP) is 2.89. The lowest BCUT2D eigenvalue weighted by Gasteiger charge is -2.29. The summed E-state index contributed by atoms with van der Waals surface area (Å²) >= 11 is 2.23. The van der Waals surface area contributed by atoms with Gasteiger partial charge in [-0.3, -0.25) is 4.90 Å². The van der Waals surface area contributed by atoms with E-state index in [1.54, 1.807) is 4.90 Å². The smallest absolute Gasteiger partial charge is 0.324 e. The first-order valence-corrected chi connectivity index (χ1v) is 6.49. The molecule has 0 bridgehead atoms. The van der Waals surface area contributed by atoms with Gasteiger partial charge in [0.1, 0.15) is 6.73 Å². The third-order valence-corrected chi connectivity index (χ3v) is 3.47. The maximum absolute atomic E-state index is 12.0. The molecule has 0 atom stereocenters. The second kappa shape index (κ2) is 4.81. The Balaban J connectivity index is 2.04. The van der Waals surface area contributed by atoms with Crippen LogP contribution in [0.1, 0.15) is 13.8 Å². The van der Waals surface area contributed by atoms with Crippen molar-refractivity contribution in [2.45, 2.75) is 19.4 Å². The molecule has 0 spiro atoms. The lowest BCUT2D eigenvalue weighted by Crippen LogP contribution is -2.46. The van der Waals surface area contributed by atoms with Crippen molar-refractivity contribution < 1.29 is 9.53 Å². The first-order valence-electron chi connectivity index (χ1n) is 5.41. The molecule has 0 aliphatic carbocycles. The topological polar surface area (TPSA) is 41.6 Å². The van der Waals surface area contributed by atoms with Crippen LogP contribution in [-0.4, -0.2) is 29.8 Å². The van der Waals surface area contributed by atoms with E-state index < -0.39 is 0 Å². The van der Waals surface area contributed by atoms with Gasteiger partial charge in [0.25, 0.3) is 0 Å². The zero-order valence-electron chi connectivity index (χ0n) is 9.87. The highest BCUT2D eigenvalue weighted by molar-refractivity contribution is 14.1. The van der Waals surface area contributed by atoms with Crippen LogP contribution in [0.25, 0.3) is 0 Å². The quantitative estimate of drug-likeness (QED) is 0.795. The summed E-state index contributed by atoms with van der Waals surface area (Å²) in [5, 5.41) is 2.87. The summed E-state index contributed by atoms with van der Waals surface area (Å²) in [6.45, 7) is 4.91. The van der Waals surface area contributed by atoms with E-state index in [4.69, 9.17) is 4.74 Å². The molecule has 1 aliphatic heterocycles. The molecular weight excluding hydrogens is 331 g/mol. The number of carbonyl (C=O) groups excluding carboxylic acids is 1. The highest BCUT2D eigenvalue weighted by Gasteiger charge is 2.36. The average molecular weight is 346 g/mol. The number of hydrogen-bond donors (Lipinski definition) is 1. The van der Waals surface area contributed by atoms with Gasteiger partial charge in [-0.25, -0.2) is 4.79 Å². The first-order chi connectivity index (χ1) is 7.99. The van der Waals surface area contributed by atoms with Gasteiger partial charge in [-0.1, -0.05) is 0 Å². The van der Waals surface area contributed by atoms with E-state index in [9.17, 15) is 4.79 Å². The Morgan fingerprint density at radius 1 is 1.41 bits per heavy atom. The molecule has 17 heavy (non-hydrogen) atoms. The first kappa shape index (κ1) is 12.6. The number of nitrogens with zero attached hydrogens (tertiary/aromatic N) is 1. The number of ether oxygens (including phenoxy) is 1. The molecule has 1 aromatic carbocycles. The van der Waals surface area contributed by atoms with Crippen molar-refractivity contribution >= 4 is 34.3 Å². The van der Waals surface area contributed by atoms with Crippen molar-refractivity contribution in [1.82, 2.24) is 4.90 Å². The molecule has 1 aliphatic rings. The number of carbonyl (C=O) groups is 1. The van der Waals surface area contributed by atoms with E-state index in [0.717, 1.165) is 9.26 Å². The largest absolute Gasteiger partial charge is 0.359 e. The third kappa shape index (κ3) is 2.90. The van der Waals surface area contributed by atoms with Gasteiger partial charge in [0, 0.05) is 9.26 Å². The average Bonchev–Trinajstić information content (AvgIpc) is 2.61. The zero-order chi connectivity index (χ0) is 12.5. The third-order valence-electron chi connectivity index (χ3n) is 2.75. The van der Waals surface area contributed by atoms with E-state index in [0.29, 0.717) is 13.3 Å². The fourth-order valence-corrected chi connectivity index (χ4v) is 2.06. The number of amides is 2. The molecular formula is C12H15IN2O2. The molecule has 4 nitrogen and oxygen atoms in total. The van der Waals surface area contributed by atoms with Crippen molar-refractivity contribution in [2.75, 3.05) is 18.7 Å². The van der Waals surface area contributed by atoms with Crippen LogP contribution < -0.4 is 5.32 Å². The maximum atomic E-state index is 12.0. The van der Waals surface area contributed by atoms with E-state index in [2.05, 4.69) is 27.9 Å². The Morgan fingerprint density at radius 2 is 2.06 bits per heavy atom. The molecule has 1 saturated heterocycles.